The molecule has 3 aromatic rings. The lowest BCUT2D eigenvalue weighted by molar-refractivity contribution is 0.111. The van der Waals surface area contributed by atoms with Crippen LogP contribution in [0.1, 0.15) is 21.0 Å². The third-order valence-corrected chi connectivity index (χ3v) is 5.07. The SMILES string of the molecule is O=Cc1ccc(N2CCN(c3ccc(Br)cc3)CC2)cn1.O=Cc1ccccn1. The van der Waals surface area contributed by atoms with E-state index >= 15 is 0 Å². The Balaban J connectivity index is 0.000000252. The first kappa shape index (κ1) is 20.7. The highest BCUT2D eigenvalue weighted by Gasteiger charge is 2.17. The Morgan fingerprint density at radius 2 is 1.31 bits per heavy atom. The number of rotatable bonds is 4. The summed E-state index contributed by atoms with van der Waals surface area (Å²) in [7, 11) is 0. The molecule has 0 unspecified atom stereocenters. The van der Waals surface area contributed by atoms with Crippen LogP contribution in [0.15, 0.2) is 71.5 Å². The summed E-state index contributed by atoms with van der Waals surface area (Å²) in [6, 6.07) is 17.4. The van der Waals surface area contributed by atoms with Crippen molar-refractivity contribution in [2.24, 2.45) is 0 Å². The molecule has 7 heteroatoms. The molecule has 6 nitrogen and oxygen atoms in total. The molecule has 1 saturated heterocycles. The zero-order valence-corrected chi connectivity index (χ0v) is 17.4. The van der Waals surface area contributed by atoms with Crippen molar-refractivity contribution in [2.75, 3.05) is 36.0 Å². The molecule has 4 rings (SSSR count). The Labute approximate surface area is 178 Å². The van der Waals surface area contributed by atoms with Crippen molar-refractivity contribution in [1.29, 1.82) is 0 Å². The van der Waals surface area contributed by atoms with Crippen molar-refractivity contribution in [3.05, 3.63) is 82.9 Å². The molecular formula is C22H21BrN4O2. The highest BCUT2D eigenvalue weighted by atomic mass is 79.9. The maximum Gasteiger partial charge on any atom is 0.168 e. The Hall–Kier alpha value is -3.06. The second-order valence-corrected chi connectivity index (χ2v) is 7.30. The van der Waals surface area contributed by atoms with E-state index in [1.165, 1.54) is 5.69 Å². The van der Waals surface area contributed by atoms with Crippen molar-refractivity contribution < 1.29 is 9.59 Å². The minimum Gasteiger partial charge on any atom is -0.368 e. The smallest absolute Gasteiger partial charge is 0.168 e. The Morgan fingerprint density at radius 3 is 1.79 bits per heavy atom. The molecule has 1 aliphatic heterocycles. The van der Waals surface area contributed by atoms with Crippen LogP contribution in [0, 0.1) is 0 Å². The van der Waals surface area contributed by atoms with E-state index in [4.69, 9.17) is 0 Å². The summed E-state index contributed by atoms with van der Waals surface area (Å²) >= 11 is 3.46. The van der Waals surface area contributed by atoms with Crippen LogP contribution in [0.5, 0.6) is 0 Å². The number of aldehydes is 2. The van der Waals surface area contributed by atoms with E-state index in [9.17, 15) is 9.59 Å². The van der Waals surface area contributed by atoms with Crippen LogP contribution < -0.4 is 9.80 Å². The first-order chi connectivity index (χ1) is 14.2. The van der Waals surface area contributed by atoms with Crippen LogP contribution in [0.2, 0.25) is 0 Å². The zero-order chi connectivity index (χ0) is 20.5. The number of hydrogen-bond acceptors (Lipinski definition) is 6. The number of anilines is 2. The normalized spacial score (nSPS) is 13.3. The van der Waals surface area contributed by atoms with Crippen LogP contribution in [0.3, 0.4) is 0 Å². The fraction of sp³-hybridized carbons (Fsp3) is 0.182. The molecule has 0 atom stereocenters. The Kier molecular flexibility index (Phi) is 7.47. The predicted molar refractivity (Wildman–Crippen MR) is 118 cm³/mol. The number of benzene rings is 1. The molecule has 29 heavy (non-hydrogen) atoms. The van der Waals surface area contributed by atoms with Crippen molar-refractivity contribution in [1.82, 2.24) is 9.97 Å². The van der Waals surface area contributed by atoms with Crippen molar-refractivity contribution in [2.45, 2.75) is 0 Å². The summed E-state index contributed by atoms with van der Waals surface area (Å²) in [6.45, 7) is 3.88. The van der Waals surface area contributed by atoms with E-state index in [1.807, 2.05) is 6.07 Å². The van der Waals surface area contributed by atoms with Crippen LogP contribution in [0.25, 0.3) is 0 Å². The maximum atomic E-state index is 10.6. The van der Waals surface area contributed by atoms with Gasteiger partial charge in [0.1, 0.15) is 11.4 Å². The standard InChI is InChI=1S/C16H16BrN3O.C6H5NO/c17-13-1-4-15(5-2-13)19-7-9-20(10-8-19)16-6-3-14(12-21)18-11-16;8-5-6-3-1-2-4-7-6/h1-6,11-12H,7-10H2;1-5H. The van der Waals surface area contributed by atoms with Gasteiger partial charge in [-0.3, -0.25) is 19.6 Å². The zero-order valence-electron chi connectivity index (χ0n) is 15.8. The number of carbonyl (C=O) groups is 2. The van der Waals surface area contributed by atoms with E-state index in [0.717, 1.165) is 48.9 Å². The summed E-state index contributed by atoms with van der Waals surface area (Å²) in [5.41, 5.74) is 3.29. The van der Waals surface area contributed by atoms with Crippen molar-refractivity contribution >= 4 is 39.9 Å². The molecule has 0 aliphatic carbocycles. The highest BCUT2D eigenvalue weighted by Crippen LogP contribution is 2.22. The van der Waals surface area contributed by atoms with Gasteiger partial charge in [0.05, 0.1) is 11.9 Å². The molecule has 3 heterocycles. The minimum atomic E-state index is 0.479. The summed E-state index contributed by atoms with van der Waals surface area (Å²) < 4.78 is 1.10. The molecular weight excluding hydrogens is 432 g/mol. The minimum absolute atomic E-state index is 0.479. The number of nitrogens with zero attached hydrogens (tertiary/aromatic N) is 4. The molecule has 0 saturated carbocycles. The van der Waals surface area contributed by atoms with Gasteiger partial charge in [0.15, 0.2) is 12.6 Å². The molecule has 148 valence electrons. The molecule has 0 N–H and O–H groups in total. The number of piperazine rings is 1. The Morgan fingerprint density at radius 1 is 0.724 bits per heavy atom. The lowest BCUT2D eigenvalue weighted by atomic mass is 10.2. The second-order valence-electron chi connectivity index (χ2n) is 6.38. The van der Waals surface area contributed by atoms with Crippen molar-refractivity contribution in [3.8, 4) is 0 Å². The quantitative estimate of drug-likeness (QED) is 0.559. The number of carbonyl (C=O) groups excluding carboxylic acids is 2. The number of halogens is 1. The Bertz CT molecular complexity index is 910. The van der Waals surface area contributed by atoms with E-state index in [0.29, 0.717) is 11.4 Å². The average Bonchev–Trinajstić information content (AvgIpc) is 2.81. The first-order valence-corrected chi connectivity index (χ1v) is 10.0. The molecule has 1 fully saturated rings. The van der Waals surface area contributed by atoms with Gasteiger partial charge in [-0.15, -0.1) is 0 Å². The monoisotopic (exact) mass is 452 g/mol. The predicted octanol–water partition coefficient (Wildman–Crippen LogP) is 3.88. The van der Waals surface area contributed by atoms with Crippen LogP contribution in [-0.2, 0) is 0 Å². The number of pyridine rings is 2. The van der Waals surface area contributed by atoms with E-state index in [-0.39, 0.29) is 0 Å². The van der Waals surface area contributed by atoms with Gasteiger partial charge < -0.3 is 9.80 Å². The number of hydrogen-bond donors (Lipinski definition) is 0. The third-order valence-electron chi connectivity index (χ3n) is 4.54. The van der Waals surface area contributed by atoms with Crippen LogP contribution in [-0.4, -0.2) is 48.7 Å². The summed E-state index contributed by atoms with van der Waals surface area (Å²) in [5, 5.41) is 0. The largest absolute Gasteiger partial charge is 0.368 e. The van der Waals surface area contributed by atoms with Gasteiger partial charge in [0.2, 0.25) is 0 Å². The molecule has 0 amide bonds. The molecule has 0 spiro atoms. The van der Waals surface area contributed by atoms with Gasteiger partial charge in [0, 0.05) is 42.5 Å². The fourth-order valence-corrected chi connectivity index (χ4v) is 3.24. The first-order valence-electron chi connectivity index (χ1n) is 9.22. The lowest BCUT2D eigenvalue weighted by Gasteiger charge is -2.37. The molecule has 0 bridgehead atoms. The lowest BCUT2D eigenvalue weighted by Crippen LogP contribution is -2.46. The van der Waals surface area contributed by atoms with Gasteiger partial charge >= 0.3 is 0 Å². The number of aromatic nitrogens is 2. The van der Waals surface area contributed by atoms with E-state index in [1.54, 1.807) is 36.7 Å². The van der Waals surface area contributed by atoms with Crippen molar-refractivity contribution in [3.63, 3.8) is 0 Å². The van der Waals surface area contributed by atoms with Crippen LogP contribution >= 0.6 is 15.9 Å². The topological polar surface area (TPSA) is 66.4 Å². The van der Waals surface area contributed by atoms with Gasteiger partial charge in [0.25, 0.3) is 0 Å². The average molecular weight is 453 g/mol. The summed E-state index contributed by atoms with van der Waals surface area (Å²) in [6.07, 6.45) is 4.86. The third kappa shape index (κ3) is 5.96. The summed E-state index contributed by atoms with van der Waals surface area (Å²) in [5.74, 6) is 0. The molecule has 1 aromatic carbocycles. The highest BCUT2D eigenvalue weighted by molar-refractivity contribution is 9.10. The van der Waals surface area contributed by atoms with E-state index in [2.05, 4.69) is 60.0 Å². The van der Waals surface area contributed by atoms with E-state index < -0.39 is 0 Å². The second kappa shape index (κ2) is 10.5. The van der Waals surface area contributed by atoms with Gasteiger partial charge in [-0.1, -0.05) is 22.0 Å². The van der Waals surface area contributed by atoms with Crippen LogP contribution in [0.4, 0.5) is 11.4 Å². The molecule has 1 aliphatic rings. The fourth-order valence-electron chi connectivity index (χ4n) is 2.97. The molecule has 2 aromatic heterocycles. The maximum absolute atomic E-state index is 10.6. The molecule has 0 radical (unpaired) electrons. The van der Waals surface area contributed by atoms with Gasteiger partial charge in [-0.2, -0.15) is 0 Å². The van der Waals surface area contributed by atoms with Gasteiger partial charge in [-0.25, -0.2) is 0 Å². The van der Waals surface area contributed by atoms with Gasteiger partial charge in [-0.05, 0) is 48.5 Å². The summed E-state index contributed by atoms with van der Waals surface area (Å²) in [4.78, 5) is 33.1.